The molecule has 0 amide bonds. The molecule has 0 atom stereocenters. The van der Waals surface area contributed by atoms with Gasteiger partial charge in [0.1, 0.15) is 0 Å². The van der Waals surface area contributed by atoms with Crippen LogP contribution in [-0.2, 0) is 5.75 Å². The van der Waals surface area contributed by atoms with Crippen LogP contribution in [0.2, 0.25) is 0 Å². The summed E-state index contributed by atoms with van der Waals surface area (Å²) in [5.41, 5.74) is 0. The first kappa shape index (κ1) is 13.6. The number of rotatable bonds is 6. The van der Waals surface area contributed by atoms with Gasteiger partial charge in [0.05, 0.1) is 0 Å². The third-order valence-electron chi connectivity index (χ3n) is 2.00. The molecule has 0 unspecified atom stereocenters. The lowest BCUT2D eigenvalue weighted by molar-refractivity contribution is 0.972. The van der Waals surface area contributed by atoms with Crippen molar-refractivity contribution < 1.29 is 0 Å². The molecule has 2 heterocycles. The van der Waals surface area contributed by atoms with Gasteiger partial charge in [0.25, 0.3) is 0 Å². The highest BCUT2D eigenvalue weighted by Gasteiger charge is 2.08. The van der Waals surface area contributed by atoms with Crippen molar-refractivity contribution in [1.29, 1.82) is 0 Å². The first-order chi connectivity index (χ1) is 8.69. The molecule has 0 spiro atoms. The molecule has 0 saturated carbocycles. The molecular weight excluding hydrogens is 286 g/mol. The van der Waals surface area contributed by atoms with E-state index in [-0.39, 0.29) is 0 Å². The van der Waals surface area contributed by atoms with Crippen LogP contribution in [0.15, 0.2) is 10.5 Å². The van der Waals surface area contributed by atoms with Crippen LogP contribution >= 0.6 is 34.4 Å². The Morgan fingerprint density at radius 1 is 1.33 bits per heavy atom. The van der Waals surface area contributed by atoms with E-state index in [4.69, 9.17) is 0 Å². The van der Waals surface area contributed by atoms with Crippen molar-refractivity contribution in [2.45, 2.75) is 17.0 Å². The predicted molar refractivity (Wildman–Crippen MR) is 80.1 cm³/mol. The lowest BCUT2D eigenvalue weighted by atomic mass is 10.6. The third kappa shape index (κ3) is 3.56. The summed E-state index contributed by atoms with van der Waals surface area (Å²) in [6.07, 6.45) is 1.92. The molecule has 8 heteroatoms. The molecule has 2 aromatic heterocycles. The summed E-state index contributed by atoms with van der Waals surface area (Å²) in [5.74, 6) is 0.894. The van der Waals surface area contributed by atoms with Gasteiger partial charge in [0.2, 0.25) is 5.13 Å². The summed E-state index contributed by atoms with van der Waals surface area (Å²) >= 11 is 5.01. The molecule has 0 fully saturated rings. The van der Waals surface area contributed by atoms with Crippen LogP contribution in [0.3, 0.4) is 0 Å². The summed E-state index contributed by atoms with van der Waals surface area (Å²) in [5, 5.41) is 13.4. The number of thioether (sulfide) groups is 1. The molecule has 18 heavy (non-hydrogen) atoms. The van der Waals surface area contributed by atoms with Crippen LogP contribution in [0.25, 0.3) is 0 Å². The van der Waals surface area contributed by atoms with E-state index >= 15 is 0 Å². The van der Waals surface area contributed by atoms with Gasteiger partial charge in [0.15, 0.2) is 9.47 Å². The van der Waals surface area contributed by atoms with Crippen molar-refractivity contribution in [3.05, 3.63) is 11.1 Å². The molecule has 0 aliphatic heterocycles. The van der Waals surface area contributed by atoms with Crippen LogP contribution < -0.4 is 10.2 Å². The van der Waals surface area contributed by atoms with Gasteiger partial charge in [-0.2, -0.15) is 0 Å². The van der Waals surface area contributed by atoms with Crippen molar-refractivity contribution in [1.82, 2.24) is 15.2 Å². The zero-order valence-electron chi connectivity index (χ0n) is 10.5. The number of hydrogen-bond acceptors (Lipinski definition) is 8. The van der Waals surface area contributed by atoms with Crippen LogP contribution in [0.1, 0.15) is 11.8 Å². The number of hydrogen-bond donors (Lipinski definition) is 1. The van der Waals surface area contributed by atoms with Crippen molar-refractivity contribution in [3.63, 3.8) is 0 Å². The summed E-state index contributed by atoms with van der Waals surface area (Å²) < 4.78 is 0.997. The van der Waals surface area contributed by atoms with E-state index < -0.39 is 0 Å². The number of anilines is 2. The molecule has 0 aliphatic carbocycles. The molecule has 2 aromatic rings. The fourth-order valence-corrected chi connectivity index (χ4v) is 3.85. The van der Waals surface area contributed by atoms with Crippen LogP contribution in [0.5, 0.6) is 0 Å². The number of nitrogens with zero attached hydrogens (tertiary/aromatic N) is 4. The van der Waals surface area contributed by atoms with Gasteiger partial charge in [-0.05, 0) is 6.92 Å². The average Bonchev–Trinajstić information content (AvgIpc) is 2.95. The van der Waals surface area contributed by atoms with Gasteiger partial charge >= 0.3 is 0 Å². The van der Waals surface area contributed by atoms with Gasteiger partial charge in [-0.15, -0.1) is 21.5 Å². The second-order valence-corrected chi connectivity index (χ2v) is 6.99. The van der Waals surface area contributed by atoms with Gasteiger partial charge in [-0.1, -0.05) is 23.1 Å². The van der Waals surface area contributed by atoms with E-state index in [0.717, 1.165) is 26.9 Å². The number of nitrogens with one attached hydrogen (secondary N) is 1. The smallest absolute Gasteiger partial charge is 0.208 e. The molecule has 1 N–H and O–H groups in total. The van der Waals surface area contributed by atoms with E-state index in [1.807, 2.05) is 25.2 Å². The summed E-state index contributed by atoms with van der Waals surface area (Å²) in [4.78, 5) is 7.52. The maximum atomic E-state index is 4.30. The minimum atomic E-state index is 0.894. The zero-order valence-corrected chi connectivity index (χ0v) is 13.0. The number of aromatic nitrogens is 3. The second kappa shape index (κ2) is 6.35. The highest BCUT2D eigenvalue weighted by molar-refractivity contribution is 8.00. The molecule has 0 radical (unpaired) electrons. The molecule has 5 nitrogen and oxygen atoms in total. The maximum Gasteiger partial charge on any atom is 0.208 e. The minimum Gasteiger partial charge on any atom is -0.362 e. The van der Waals surface area contributed by atoms with E-state index in [2.05, 4.69) is 27.4 Å². The van der Waals surface area contributed by atoms with Gasteiger partial charge < -0.3 is 10.2 Å². The molecule has 2 rings (SSSR count). The molecule has 0 aliphatic rings. The summed E-state index contributed by atoms with van der Waals surface area (Å²) in [7, 11) is 3.95. The van der Waals surface area contributed by atoms with E-state index in [1.54, 1.807) is 34.4 Å². The normalized spacial score (nSPS) is 10.6. The van der Waals surface area contributed by atoms with E-state index in [9.17, 15) is 0 Å². The van der Waals surface area contributed by atoms with Crippen LogP contribution in [0.4, 0.5) is 10.3 Å². The second-order valence-electron chi connectivity index (χ2n) is 3.70. The Morgan fingerprint density at radius 2 is 2.17 bits per heavy atom. The average molecular weight is 301 g/mol. The predicted octanol–water partition coefficient (Wildman–Crippen LogP) is 2.78. The molecule has 0 aromatic carbocycles. The minimum absolute atomic E-state index is 0.894. The van der Waals surface area contributed by atoms with Gasteiger partial charge in [-0.3, -0.25) is 0 Å². The Bertz CT molecular complexity index is 493. The fourth-order valence-electron chi connectivity index (χ4n) is 1.18. The lowest BCUT2D eigenvalue weighted by Crippen LogP contribution is -2.07. The van der Waals surface area contributed by atoms with Crippen molar-refractivity contribution in [2.75, 3.05) is 30.9 Å². The highest BCUT2D eigenvalue weighted by Crippen LogP contribution is 2.31. The first-order valence-electron chi connectivity index (χ1n) is 5.51. The van der Waals surface area contributed by atoms with Crippen molar-refractivity contribution >= 4 is 44.7 Å². The molecule has 0 saturated heterocycles. The molecule has 0 bridgehead atoms. The quantitative estimate of drug-likeness (QED) is 0.828. The van der Waals surface area contributed by atoms with Crippen LogP contribution in [0, 0.1) is 0 Å². The highest BCUT2D eigenvalue weighted by atomic mass is 32.2. The lowest BCUT2D eigenvalue weighted by Gasteiger charge is -2.03. The van der Waals surface area contributed by atoms with Crippen molar-refractivity contribution in [3.8, 4) is 0 Å². The summed E-state index contributed by atoms with van der Waals surface area (Å²) in [6, 6.07) is 0. The standard InChI is InChI=1S/C10H15N5S3/c1-4-11-8-12-5-7(17-8)6-16-10-14-13-9(18-10)15(2)3/h5H,4,6H2,1-3H3,(H,11,12). The Labute approximate surface area is 119 Å². The Kier molecular flexibility index (Phi) is 4.79. The third-order valence-corrected chi connectivity index (χ3v) is 5.41. The van der Waals surface area contributed by atoms with Crippen LogP contribution in [-0.4, -0.2) is 35.8 Å². The number of thiazole rings is 1. The summed E-state index contributed by atoms with van der Waals surface area (Å²) in [6.45, 7) is 2.97. The fraction of sp³-hybridized carbons (Fsp3) is 0.500. The van der Waals surface area contributed by atoms with E-state index in [1.165, 1.54) is 4.88 Å². The largest absolute Gasteiger partial charge is 0.362 e. The van der Waals surface area contributed by atoms with Gasteiger partial charge in [-0.25, -0.2) is 4.98 Å². The van der Waals surface area contributed by atoms with Crippen molar-refractivity contribution in [2.24, 2.45) is 0 Å². The Morgan fingerprint density at radius 3 is 2.83 bits per heavy atom. The monoisotopic (exact) mass is 301 g/mol. The zero-order chi connectivity index (χ0) is 13.0. The molecule has 98 valence electrons. The van der Waals surface area contributed by atoms with Gasteiger partial charge in [0, 0.05) is 37.5 Å². The Hall–Kier alpha value is -0.860. The first-order valence-corrected chi connectivity index (χ1v) is 8.13. The maximum absolute atomic E-state index is 4.30. The van der Waals surface area contributed by atoms with E-state index in [0.29, 0.717) is 0 Å². The SMILES string of the molecule is CCNc1ncc(CSc2nnc(N(C)C)s2)s1. The Balaban J connectivity index is 1.89. The molecular formula is C10H15N5S3. The topological polar surface area (TPSA) is 53.9 Å².